The number of anilines is 1. The molecule has 1 aliphatic heterocycles. The van der Waals surface area contributed by atoms with Crippen LogP contribution in [0.25, 0.3) is 10.2 Å². The second-order valence-corrected chi connectivity index (χ2v) is 10.7. The molecule has 1 aromatic heterocycles. The van der Waals surface area contributed by atoms with E-state index < -0.39 is 15.9 Å². The molecule has 0 aliphatic carbocycles. The number of carbonyl (C=O) groups is 1. The van der Waals surface area contributed by atoms with Crippen LogP contribution in [0, 0.1) is 0 Å². The zero-order chi connectivity index (χ0) is 23.0. The third kappa shape index (κ3) is 3.89. The summed E-state index contributed by atoms with van der Waals surface area (Å²) in [5, 5.41) is 0. The Bertz CT molecular complexity index is 1520. The highest BCUT2D eigenvalue weighted by atomic mass is 32.2. The molecule has 1 amide bonds. The molecule has 0 atom stereocenters. The Morgan fingerprint density at radius 3 is 2.52 bits per heavy atom. The van der Waals surface area contributed by atoms with E-state index in [4.69, 9.17) is 0 Å². The summed E-state index contributed by atoms with van der Waals surface area (Å²) in [6.07, 6.45) is 1.64. The molecule has 1 aliphatic rings. The number of aromatic nitrogens is 1. The zero-order valence-electron chi connectivity index (χ0n) is 18.1. The largest absolute Gasteiger partial charge is 0.317 e. The highest BCUT2D eigenvalue weighted by molar-refractivity contribution is 7.92. The second kappa shape index (κ2) is 8.61. The minimum absolute atomic E-state index is 0.168. The summed E-state index contributed by atoms with van der Waals surface area (Å²) in [5.74, 6) is -0.393. The van der Waals surface area contributed by atoms with E-state index in [1.54, 1.807) is 0 Å². The molecule has 0 saturated carbocycles. The molecule has 3 aromatic carbocycles. The Kier molecular flexibility index (Phi) is 5.64. The topological polar surface area (TPSA) is 71.7 Å². The standard InChI is InChI=1S/C25H23N3O3S2/c1-2-27-22-11-5-6-12-23(22)32-25(27)26-24(29)19-13-15-20(16-14-19)33(30,31)28-17-7-9-18-8-3-4-10-21(18)28/h3-6,8,10-16H,2,7,9,17H2,1H3. The molecule has 0 spiro atoms. The average molecular weight is 478 g/mol. The molecule has 8 heteroatoms. The van der Waals surface area contributed by atoms with Crippen LogP contribution in [0.15, 0.2) is 82.7 Å². The van der Waals surface area contributed by atoms with Crippen molar-refractivity contribution >= 4 is 43.2 Å². The van der Waals surface area contributed by atoms with Crippen LogP contribution in [0.5, 0.6) is 0 Å². The van der Waals surface area contributed by atoms with Gasteiger partial charge in [-0.25, -0.2) is 8.42 Å². The van der Waals surface area contributed by atoms with E-state index in [0.717, 1.165) is 34.3 Å². The number of benzene rings is 3. The lowest BCUT2D eigenvalue weighted by Gasteiger charge is -2.30. The SMILES string of the molecule is CCn1c(=NC(=O)c2ccc(S(=O)(=O)N3CCCc4ccccc43)cc2)sc2ccccc21. The highest BCUT2D eigenvalue weighted by Crippen LogP contribution is 2.31. The van der Waals surface area contributed by atoms with Crippen LogP contribution in [-0.2, 0) is 23.0 Å². The third-order valence-electron chi connectivity index (χ3n) is 5.86. The van der Waals surface area contributed by atoms with Crippen LogP contribution >= 0.6 is 11.3 Å². The number of para-hydroxylation sites is 2. The lowest BCUT2D eigenvalue weighted by Crippen LogP contribution is -2.35. The van der Waals surface area contributed by atoms with Crippen molar-refractivity contribution in [1.29, 1.82) is 0 Å². The van der Waals surface area contributed by atoms with Gasteiger partial charge >= 0.3 is 0 Å². The molecule has 0 bridgehead atoms. The van der Waals surface area contributed by atoms with Crippen molar-refractivity contribution in [2.45, 2.75) is 31.2 Å². The Morgan fingerprint density at radius 2 is 1.73 bits per heavy atom. The maximum atomic E-state index is 13.3. The second-order valence-electron chi connectivity index (χ2n) is 7.85. The number of amides is 1. The molecule has 4 aromatic rings. The van der Waals surface area contributed by atoms with Crippen molar-refractivity contribution in [2.75, 3.05) is 10.8 Å². The van der Waals surface area contributed by atoms with Crippen molar-refractivity contribution in [3.05, 3.63) is 88.7 Å². The smallest absolute Gasteiger partial charge is 0.279 e. The molecular weight excluding hydrogens is 454 g/mol. The van der Waals surface area contributed by atoms with Gasteiger partial charge in [0.2, 0.25) is 0 Å². The van der Waals surface area contributed by atoms with Crippen LogP contribution in [0.3, 0.4) is 0 Å². The number of hydrogen-bond donors (Lipinski definition) is 0. The fourth-order valence-electron chi connectivity index (χ4n) is 4.21. The molecular formula is C25H23N3O3S2. The molecule has 0 fully saturated rings. The van der Waals surface area contributed by atoms with E-state index in [2.05, 4.69) is 4.99 Å². The van der Waals surface area contributed by atoms with E-state index in [1.807, 2.05) is 60.0 Å². The summed E-state index contributed by atoms with van der Waals surface area (Å²) in [6.45, 7) is 3.16. The van der Waals surface area contributed by atoms with Crippen LogP contribution in [0.4, 0.5) is 5.69 Å². The molecule has 0 saturated heterocycles. The Balaban J connectivity index is 1.46. The average Bonchev–Trinajstić information content (AvgIpc) is 3.20. The maximum Gasteiger partial charge on any atom is 0.279 e. The first kappa shape index (κ1) is 21.6. The lowest BCUT2D eigenvalue weighted by atomic mass is 10.0. The van der Waals surface area contributed by atoms with Gasteiger partial charge in [0.15, 0.2) is 4.80 Å². The minimum Gasteiger partial charge on any atom is -0.317 e. The van der Waals surface area contributed by atoms with Gasteiger partial charge in [-0.05, 0) is 67.8 Å². The highest BCUT2D eigenvalue weighted by Gasteiger charge is 2.28. The molecule has 2 heterocycles. The van der Waals surface area contributed by atoms with Gasteiger partial charge < -0.3 is 4.57 Å². The lowest BCUT2D eigenvalue weighted by molar-refractivity contribution is 0.0997. The Labute approximate surface area is 196 Å². The van der Waals surface area contributed by atoms with Gasteiger partial charge in [-0.2, -0.15) is 4.99 Å². The van der Waals surface area contributed by atoms with Crippen molar-refractivity contribution in [3.8, 4) is 0 Å². The third-order valence-corrected chi connectivity index (χ3v) is 8.75. The quantitative estimate of drug-likeness (QED) is 0.431. The summed E-state index contributed by atoms with van der Waals surface area (Å²) in [4.78, 5) is 18.0. The van der Waals surface area contributed by atoms with Crippen molar-refractivity contribution < 1.29 is 13.2 Å². The number of sulfonamides is 1. The van der Waals surface area contributed by atoms with E-state index in [-0.39, 0.29) is 4.90 Å². The number of fused-ring (bicyclic) bond motifs is 2. The number of hydrogen-bond acceptors (Lipinski definition) is 4. The van der Waals surface area contributed by atoms with Crippen LogP contribution in [0.2, 0.25) is 0 Å². The number of nitrogens with zero attached hydrogens (tertiary/aromatic N) is 3. The monoisotopic (exact) mass is 477 g/mol. The van der Waals surface area contributed by atoms with E-state index in [1.165, 1.54) is 39.9 Å². The predicted octanol–water partition coefficient (Wildman–Crippen LogP) is 4.61. The van der Waals surface area contributed by atoms with Gasteiger partial charge in [0.1, 0.15) is 0 Å². The van der Waals surface area contributed by atoms with Crippen molar-refractivity contribution in [2.24, 2.45) is 4.99 Å². The van der Waals surface area contributed by atoms with E-state index in [9.17, 15) is 13.2 Å². The van der Waals surface area contributed by atoms with Crippen molar-refractivity contribution in [1.82, 2.24) is 4.57 Å². The first-order valence-electron chi connectivity index (χ1n) is 10.9. The molecule has 0 N–H and O–H groups in total. The van der Waals surface area contributed by atoms with Crippen LogP contribution in [0.1, 0.15) is 29.3 Å². The summed E-state index contributed by atoms with van der Waals surface area (Å²) in [6, 6.07) is 21.6. The fraction of sp³-hybridized carbons (Fsp3) is 0.200. The molecule has 5 rings (SSSR count). The summed E-state index contributed by atoms with van der Waals surface area (Å²) in [5.41, 5.74) is 3.16. The Morgan fingerprint density at radius 1 is 1.00 bits per heavy atom. The summed E-state index contributed by atoms with van der Waals surface area (Å²) >= 11 is 1.46. The van der Waals surface area contributed by atoms with Crippen LogP contribution in [-0.4, -0.2) is 25.4 Å². The van der Waals surface area contributed by atoms with Crippen molar-refractivity contribution in [3.63, 3.8) is 0 Å². The maximum absolute atomic E-state index is 13.3. The first-order valence-corrected chi connectivity index (χ1v) is 13.1. The normalized spacial score (nSPS) is 14.5. The number of rotatable bonds is 4. The van der Waals surface area contributed by atoms with E-state index >= 15 is 0 Å². The minimum atomic E-state index is -3.72. The van der Waals surface area contributed by atoms with Gasteiger partial charge in [0.05, 0.1) is 20.8 Å². The Hall–Kier alpha value is -3.23. The number of aryl methyl sites for hydroxylation is 2. The van der Waals surface area contributed by atoms with Crippen LogP contribution < -0.4 is 9.11 Å². The van der Waals surface area contributed by atoms with Gasteiger partial charge in [-0.15, -0.1) is 0 Å². The number of thiazole rings is 1. The predicted molar refractivity (Wildman–Crippen MR) is 131 cm³/mol. The zero-order valence-corrected chi connectivity index (χ0v) is 19.8. The first-order chi connectivity index (χ1) is 16.0. The summed E-state index contributed by atoms with van der Waals surface area (Å²) in [7, 11) is -3.72. The molecule has 6 nitrogen and oxygen atoms in total. The number of carbonyl (C=O) groups excluding carboxylic acids is 1. The van der Waals surface area contributed by atoms with Gasteiger partial charge in [0, 0.05) is 18.7 Å². The fourth-order valence-corrected chi connectivity index (χ4v) is 6.84. The summed E-state index contributed by atoms with van der Waals surface area (Å²) < 4.78 is 31.2. The molecule has 0 radical (unpaired) electrons. The molecule has 33 heavy (non-hydrogen) atoms. The molecule has 0 unspecified atom stereocenters. The van der Waals surface area contributed by atoms with Gasteiger partial charge in [0.25, 0.3) is 15.9 Å². The molecule has 168 valence electrons. The van der Waals surface area contributed by atoms with Gasteiger partial charge in [-0.3, -0.25) is 9.10 Å². The van der Waals surface area contributed by atoms with Gasteiger partial charge in [-0.1, -0.05) is 41.7 Å². The van der Waals surface area contributed by atoms with E-state index in [0.29, 0.717) is 23.5 Å².